The third-order valence-electron chi connectivity index (χ3n) is 6.12. The lowest BCUT2D eigenvalue weighted by Crippen LogP contribution is -2.26. The predicted molar refractivity (Wildman–Crippen MR) is 137 cm³/mol. The zero-order valence-electron chi connectivity index (χ0n) is 18.0. The lowest BCUT2D eigenvalue weighted by molar-refractivity contribution is -0.134. The molecule has 0 fully saturated rings. The Morgan fingerprint density at radius 3 is 2.62 bits per heavy atom. The molecule has 0 radical (unpaired) electrons. The van der Waals surface area contributed by atoms with Crippen LogP contribution in [0.4, 0.5) is 10.2 Å². The summed E-state index contributed by atoms with van der Waals surface area (Å²) in [6.07, 6.45) is 1.43. The van der Waals surface area contributed by atoms with Crippen LogP contribution in [0.1, 0.15) is 0 Å². The lowest BCUT2D eigenvalue weighted by Gasteiger charge is -2.24. The minimum atomic E-state index is -0.569. The fourth-order valence-corrected chi connectivity index (χ4v) is 4.93. The Morgan fingerprint density at radius 1 is 1.03 bits per heavy atom. The SMILES string of the molecule is O=C1C=C(N(CCF)c2[nH]c3ccccc3c2-c2ccc3cc4ccc(Br)cc4nc3c2)CO1. The van der Waals surface area contributed by atoms with Crippen molar-refractivity contribution in [3.05, 3.63) is 83.0 Å². The van der Waals surface area contributed by atoms with Crippen molar-refractivity contribution in [3.63, 3.8) is 0 Å². The summed E-state index contributed by atoms with van der Waals surface area (Å²) in [5, 5.41) is 3.12. The van der Waals surface area contributed by atoms with Gasteiger partial charge in [-0.05, 0) is 35.9 Å². The van der Waals surface area contributed by atoms with E-state index in [1.807, 2.05) is 42.5 Å². The molecular weight excluding hydrogens is 497 g/mol. The van der Waals surface area contributed by atoms with Gasteiger partial charge in [0.2, 0.25) is 0 Å². The van der Waals surface area contributed by atoms with Gasteiger partial charge in [-0.3, -0.25) is 0 Å². The first-order chi connectivity index (χ1) is 16.6. The number of nitrogens with zero attached hydrogens (tertiary/aromatic N) is 2. The van der Waals surface area contributed by atoms with Gasteiger partial charge in [-0.25, -0.2) is 14.2 Å². The zero-order chi connectivity index (χ0) is 23.2. The van der Waals surface area contributed by atoms with Crippen LogP contribution in [0.25, 0.3) is 43.8 Å². The summed E-state index contributed by atoms with van der Waals surface area (Å²) in [5.74, 6) is 0.316. The number of fused-ring (bicyclic) bond motifs is 3. The number of carbonyl (C=O) groups excluding carboxylic acids is 1. The normalized spacial score (nSPS) is 13.6. The summed E-state index contributed by atoms with van der Waals surface area (Å²) >= 11 is 3.53. The van der Waals surface area contributed by atoms with E-state index in [4.69, 9.17) is 9.72 Å². The third kappa shape index (κ3) is 3.53. The van der Waals surface area contributed by atoms with Crippen molar-refractivity contribution in [2.24, 2.45) is 0 Å². The van der Waals surface area contributed by atoms with Gasteiger partial charge in [0.25, 0.3) is 0 Å². The number of alkyl halides is 1. The largest absolute Gasteiger partial charge is 0.456 e. The van der Waals surface area contributed by atoms with Gasteiger partial charge in [0.05, 0.1) is 23.3 Å². The number of cyclic esters (lactones) is 1. The van der Waals surface area contributed by atoms with Crippen LogP contribution in [0.5, 0.6) is 0 Å². The van der Waals surface area contributed by atoms with E-state index in [0.29, 0.717) is 5.70 Å². The number of carbonyl (C=O) groups is 1. The highest BCUT2D eigenvalue weighted by Gasteiger charge is 2.25. The maximum Gasteiger partial charge on any atom is 0.333 e. The summed E-state index contributed by atoms with van der Waals surface area (Å²) in [5.41, 5.74) is 5.22. The maximum atomic E-state index is 13.6. The third-order valence-corrected chi connectivity index (χ3v) is 6.61. The molecule has 0 saturated carbocycles. The van der Waals surface area contributed by atoms with Gasteiger partial charge in [-0.15, -0.1) is 0 Å². The number of nitrogens with one attached hydrogen (secondary N) is 1. The average molecular weight is 516 g/mol. The van der Waals surface area contributed by atoms with E-state index < -0.39 is 12.6 Å². The number of rotatable bonds is 5. The molecule has 0 saturated heterocycles. The number of benzene rings is 3. The second kappa shape index (κ2) is 8.25. The highest BCUT2D eigenvalue weighted by atomic mass is 79.9. The molecule has 0 spiro atoms. The average Bonchev–Trinajstić information content (AvgIpc) is 3.44. The van der Waals surface area contributed by atoms with Gasteiger partial charge in [-0.2, -0.15) is 0 Å². The van der Waals surface area contributed by atoms with Crippen LogP contribution in [0.2, 0.25) is 0 Å². The number of aromatic nitrogens is 2. The summed E-state index contributed by atoms with van der Waals surface area (Å²) in [6, 6.07) is 22.3. The molecular formula is C27H19BrFN3O2. The van der Waals surface area contributed by atoms with E-state index in [1.54, 1.807) is 4.90 Å². The van der Waals surface area contributed by atoms with Gasteiger partial charge in [0.1, 0.15) is 19.1 Å². The fourth-order valence-electron chi connectivity index (χ4n) is 4.58. The van der Waals surface area contributed by atoms with Crippen molar-refractivity contribution < 1.29 is 13.9 Å². The van der Waals surface area contributed by atoms with Crippen LogP contribution >= 0.6 is 15.9 Å². The molecule has 1 N–H and O–H groups in total. The predicted octanol–water partition coefficient (Wildman–Crippen LogP) is 6.52. The monoisotopic (exact) mass is 515 g/mol. The number of ether oxygens (including phenoxy) is 1. The van der Waals surface area contributed by atoms with Crippen molar-refractivity contribution >= 4 is 60.4 Å². The molecule has 5 nitrogen and oxygen atoms in total. The Morgan fingerprint density at radius 2 is 1.82 bits per heavy atom. The molecule has 0 atom stereocenters. The molecule has 34 heavy (non-hydrogen) atoms. The second-order valence-corrected chi connectivity index (χ2v) is 9.13. The number of aromatic amines is 1. The van der Waals surface area contributed by atoms with Gasteiger partial charge in [0, 0.05) is 37.8 Å². The fraction of sp³-hybridized carbons (Fsp3) is 0.111. The molecule has 3 aromatic carbocycles. The number of hydrogen-bond donors (Lipinski definition) is 1. The van der Waals surface area contributed by atoms with Crippen LogP contribution in [0, 0.1) is 0 Å². The van der Waals surface area contributed by atoms with E-state index >= 15 is 0 Å². The minimum absolute atomic E-state index is 0.104. The van der Waals surface area contributed by atoms with Crippen molar-refractivity contribution in [1.29, 1.82) is 0 Å². The van der Waals surface area contributed by atoms with Crippen LogP contribution in [0.3, 0.4) is 0 Å². The second-order valence-electron chi connectivity index (χ2n) is 8.21. The van der Waals surface area contributed by atoms with Gasteiger partial charge >= 0.3 is 5.97 Å². The first kappa shape index (κ1) is 20.9. The van der Waals surface area contributed by atoms with Crippen molar-refractivity contribution in [1.82, 2.24) is 9.97 Å². The highest BCUT2D eigenvalue weighted by molar-refractivity contribution is 9.10. The standard InChI is InChI=1S/C27H19BrFN3O2/c28-19-8-7-17-11-16-5-6-18(12-23(16)30-24(17)13-19)26-21-3-1-2-4-22(21)31-27(26)32(10-9-29)20-14-25(33)34-15-20/h1-8,11-14,31H,9-10,15H2. The molecule has 1 aliphatic heterocycles. The van der Waals surface area contributed by atoms with E-state index in [9.17, 15) is 9.18 Å². The summed E-state index contributed by atoms with van der Waals surface area (Å²) < 4.78 is 19.7. The van der Waals surface area contributed by atoms with Gasteiger partial charge in [-0.1, -0.05) is 52.3 Å². The molecule has 3 heterocycles. The van der Waals surface area contributed by atoms with E-state index in [0.717, 1.165) is 54.1 Å². The number of H-pyrrole nitrogens is 1. The number of hydrogen-bond acceptors (Lipinski definition) is 4. The molecule has 0 bridgehead atoms. The summed E-state index contributed by atoms with van der Waals surface area (Å²) in [4.78, 5) is 21.9. The highest BCUT2D eigenvalue weighted by Crippen LogP contribution is 2.40. The Balaban J connectivity index is 1.58. The smallest absolute Gasteiger partial charge is 0.333 e. The number of pyridine rings is 1. The summed E-state index contributed by atoms with van der Waals surface area (Å²) in [7, 11) is 0. The van der Waals surface area contributed by atoms with Crippen LogP contribution in [0.15, 0.2) is 83.0 Å². The Kier molecular flexibility index (Phi) is 5.07. The minimum Gasteiger partial charge on any atom is -0.456 e. The van der Waals surface area contributed by atoms with Crippen molar-refractivity contribution in [3.8, 4) is 11.1 Å². The van der Waals surface area contributed by atoms with Crippen LogP contribution < -0.4 is 4.90 Å². The molecule has 5 aromatic rings. The number of para-hydroxylation sites is 1. The molecule has 2 aromatic heterocycles. The van der Waals surface area contributed by atoms with Crippen LogP contribution in [-0.2, 0) is 9.53 Å². The molecule has 0 aliphatic carbocycles. The quantitative estimate of drug-likeness (QED) is 0.214. The zero-order valence-corrected chi connectivity index (χ0v) is 19.6. The molecule has 168 valence electrons. The van der Waals surface area contributed by atoms with Gasteiger partial charge in [0.15, 0.2) is 0 Å². The maximum absolute atomic E-state index is 13.6. The number of esters is 1. The van der Waals surface area contributed by atoms with E-state index in [-0.39, 0.29) is 13.2 Å². The summed E-state index contributed by atoms with van der Waals surface area (Å²) in [6.45, 7) is -0.346. The van der Waals surface area contributed by atoms with Crippen molar-refractivity contribution in [2.45, 2.75) is 0 Å². The Labute approximate surface area is 203 Å². The molecule has 0 unspecified atom stereocenters. The number of halogens is 2. The van der Waals surface area contributed by atoms with Crippen molar-refractivity contribution in [2.75, 3.05) is 24.7 Å². The Hall–Kier alpha value is -3.71. The molecule has 0 amide bonds. The lowest BCUT2D eigenvalue weighted by atomic mass is 10.0. The topological polar surface area (TPSA) is 58.2 Å². The van der Waals surface area contributed by atoms with Gasteiger partial charge < -0.3 is 14.6 Å². The van der Waals surface area contributed by atoms with E-state index in [1.165, 1.54) is 6.08 Å². The Bertz CT molecular complexity index is 1630. The van der Waals surface area contributed by atoms with E-state index in [2.05, 4.69) is 45.2 Å². The number of anilines is 1. The first-order valence-corrected chi connectivity index (χ1v) is 11.7. The first-order valence-electron chi connectivity index (χ1n) is 10.9. The van der Waals surface area contributed by atoms with Crippen LogP contribution in [-0.4, -0.2) is 35.8 Å². The molecule has 7 heteroatoms. The molecule has 1 aliphatic rings. The molecule has 6 rings (SSSR count).